The number of pyridine rings is 1. The monoisotopic (exact) mass is 277 g/mol. The van der Waals surface area contributed by atoms with Crippen molar-refractivity contribution >= 4 is 11.7 Å². The van der Waals surface area contributed by atoms with Crippen LogP contribution in [0.25, 0.3) is 0 Å². The van der Waals surface area contributed by atoms with Gasteiger partial charge < -0.3 is 14.5 Å². The summed E-state index contributed by atoms with van der Waals surface area (Å²) in [6.07, 6.45) is 2.75. The normalized spacial score (nSPS) is 18.1. The fraction of sp³-hybridized carbons (Fsp3) is 0.600. The highest BCUT2D eigenvalue weighted by Crippen LogP contribution is 2.19. The highest BCUT2D eigenvalue weighted by molar-refractivity contribution is 5.98. The van der Waals surface area contributed by atoms with Gasteiger partial charge in [-0.3, -0.25) is 4.79 Å². The van der Waals surface area contributed by atoms with Crippen molar-refractivity contribution in [3.63, 3.8) is 0 Å². The molecule has 0 spiro atoms. The van der Waals surface area contributed by atoms with E-state index in [2.05, 4.69) is 4.98 Å². The lowest BCUT2D eigenvalue weighted by molar-refractivity contribution is 0.0731. The van der Waals surface area contributed by atoms with Crippen LogP contribution in [0.4, 0.5) is 5.82 Å². The van der Waals surface area contributed by atoms with E-state index in [1.54, 1.807) is 6.20 Å². The zero-order valence-electron chi connectivity index (χ0n) is 12.5. The van der Waals surface area contributed by atoms with E-state index in [0.29, 0.717) is 18.0 Å². The van der Waals surface area contributed by atoms with E-state index < -0.39 is 0 Å². The lowest BCUT2D eigenvalue weighted by atomic mass is 10.1. The fourth-order valence-electron chi connectivity index (χ4n) is 2.49. The summed E-state index contributed by atoms with van der Waals surface area (Å²) in [4.78, 5) is 20.8. The molecule has 0 radical (unpaired) electrons. The van der Waals surface area contributed by atoms with Crippen molar-refractivity contribution in [2.24, 2.45) is 5.92 Å². The molecule has 5 nitrogen and oxygen atoms in total. The van der Waals surface area contributed by atoms with E-state index in [1.807, 2.05) is 43.0 Å². The van der Waals surface area contributed by atoms with E-state index in [-0.39, 0.29) is 5.91 Å². The van der Waals surface area contributed by atoms with Crippen LogP contribution in [0, 0.1) is 5.92 Å². The highest BCUT2D eigenvalue weighted by Gasteiger charge is 2.24. The van der Waals surface area contributed by atoms with Gasteiger partial charge in [-0.15, -0.1) is 0 Å². The Morgan fingerprint density at radius 1 is 1.50 bits per heavy atom. The van der Waals surface area contributed by atoms with Gasteiger partial charge in [0.15, 0.2) is 0 Å². The number of aromatic nitrogens is 1. The van der Waals surface area contributed by atoms with Crippen LogP contribution in [-0.4, -0.2) is 56.2 Å². The molecule has 0 unspecified atom stereocenters. The molecule has 110 valence electrons. The number of nitrogens with zero attached hydrogens (tertiary/aromatic N) is 3. The second-order valence-corrected chi connectivity index (χ2v) is 5.34. The third-order valence-corrected chi connectivity index (χ3v) is 3.61. The zero-order valence-corrected chi connectivity index (χ0v) is 12.5. The minimum absolute atomic E-state index is 0.0520. The first-order valence-electron chi connectivity index (χ1n) is 7.12. The second kappa shape index (κ2) is 6.70. The predicted molar refractivity (Wildman–Crippen MR) is 79.1 cm³/mol. The minimum Gasteiger partial charge on any atom is -0.381 e. The average molecular weight is 277 g/mol. The molecular weight excluding hydrogens is 254 g/mol. The minimum atomic E-state index is 0.0520. The van der Waals surface area contributed by atoms with Gasteiger partial charge in [-0.2, -0.15) is 0 Å². The predicted octanol–water partition coefficient (Wildman–Crippen LogP) is 1.65. The molecule has 5 heteroatoms. The lowest BCUT2D eigenvalue weighted by Crippen LogP contribution is -2.36. The summed E-state index contributed by atoms with van der Waals surface area (Å²) < 4.78 is 5.39. The largest absolute Gasteiger partial charge is 0.381 e. The molecule has 1 saturated heterocycles. The zero-order chi connectivity index (χ0) is 14.5. The van der Waals surface area contributed by atoms with E-state index in [4.69, 9.17) is 4.74 Å². The number of hydrogen-bond donors (Lipinski definition) is 0. The van der Waals surface area contributed by atoms with Gasteiger partial charge in [-0.05, 0) is 25.5 Å². The summed E-state index contributed by atoms with van der Waals surface area (Å²) in [6.45, 7) is 5.05. The Kier molecular flexibility index (Phi) is 4.95. The summed E-state index contributed by atoms with van der Waals surface area (Å²) >= 11 is 0. The molecule has 2 heterocycles. The molecule has 0 aliphatic carbocycles. The molecular formula is C15H23N3O2. The van der Waals surface area contributed by atoms with Crippen LogP contribution in [0.3, 0.4) is 0 Å². The molecule has 1 fully saturated rings. The number of carbonyl (C=O) groups is 1. The molecule has 1 aromatic rings. The van der Waals surface area contributed by atoms with Gasteiger partial charge in [0.2, 0.25) is 0 Å². The number of carbonyl (C=O) groups excluding carboxylic acids is 1. The lowest BCUT2D eigenvalue weighted by Gasteiger charge is -2.25. The number of hydrogen-bond acceptors (Lipinski definition) is 4. The van der Waals surface area contributed by atoms with Crippen LogP contribution in [-0.2, 0) is 4.74 Å². The maximum Gasteiger partial charge on any atom is 0.257 e. The molecule has 1 amide bonds. The number of ether oxygens (including phenoxy) is 1. The molecule has 1 aliphatic rings. The van der Waals surface area contributed by atoms with Crippen LogP contribution in [0.2, 0.25) is 0 Å². The molecule has 1 aliphatic heterocycles. The van der Waals surface area contributed by atoms with Gasteiger partial charge >= 0.3 is 0 Å². The van der Waals surface area contributed by atoms with E-state index in [9.17, 15) is 4.79 Å². The van der Waals surface area contributed by atoms with Gasteiger partial charge in [0.1, 0.15) is 5.82 Å². The standard InChI is InChI=1S/C15H23N3O2/c1-4-18(10-12-7-9-20-11-12)15(19)13-6-5-8-16-14(13)17(2)3/h5-6,8,12H,4,7,9-11H2,1-3H3/t12-/m0/s1. The first-order valence-corrected chi connectivity index (χ1v) is 7.12. The smallest absolute Gasteiger partial charge is 0.257 e. The van der Waals surface area contributed by atoms with E-state index in [1.165, 1.54) is 0 Å². The molecule has 20 heavy (non-hydrogen) atoms. The third-order valence-electron chi connectivity index (χ3n) is 3.61. The Labute approximate surface area is 120 Å². The van der Waals surface area contributed by atoms with Crippen LogP contribution >= 0.6 is 0 Å². The Morgan fingerprint density at radius 3 is 2.90 bits per heavy atom. The Morgan fingerprint density at radius 2 is 2.30 bits per heavy atom. The van der Waals surface area contributed by atoms with E-state index in [0.717, 1.165) is 32.0 Å². The second-order valence-electron chi connectivity index (χ2n) is 5.34. The van der Waals surface area contributed by atoms with Gasteiger partial charge in [-0.1, -0.05) is 0 Å². The van der Waals surface area contributed by atoms with Crippen molar-refractivity contribution in [2.45, 2.75) is 13.3 Å². The summed E-state index contributed by atoms with van der Waals surface area (Å²) in [5.41, 5.74) is 0.665. The number of amides is 1. The number of anilines is 1. The average Bonchev–Trinajstić information content (AvgIpc) is 2.97. The first-order chi connectivity index (χ1) is 9.63. The van der Waals surface area contributed by atoms with Gasteiger partial charge in [-0.25, -0.2) is 4.98 Å². The van der Waals surface area contributed by atoms with Crippen LogP contribution in [0.15, 0.2) is 18.3 Å². The Hall–Kier alpha value is -1.62. The van der Waals surface area contributed by atoms with Crippen molar-refractivity contribution in [3.8, 4) is 0 Å². The van der Waals surface area contributed by atoms with Crippen molar-refractivity contribution < 1.29 is 9.53 Å². The summed E-state index contributed by atoms with van der Waals surface area (Å²) in [5.74, 6) is 1.23. The van der Waals surface area contributed by atoms with E-state index >= 15 is 0 Å². The summed E-state index contributed by atoms with van der Waals surface area (Å²) in [6, 6.07) is 3.66. The molecule has 1 atom stereocenters. The van der Waals surface area contributed by atoms with Crippen molar-refractivity contribution in [2.75, 3.05) is 45.3 Å². The Balaban J connectivity index is 2.15. The SMILES string of the molecule is CCN(C[C@@H]1CCOC1)C(=O)c1cccnc1N(C)C. The van der Waals surface area contributed by atoms with Crippen molar-refractivity contribution in [3.05, 3.63) is 23.9 Å². The van der Waals surface area contributed by atoms with Crippen molar-refractivity contribution in [1.29, 1.82) is 0 Å². The quantitative estimate of drug-likeness (QED) is 0.821. The van der Waals surface area contributed by atoms with Gasteiger partial charge in [0, 0.05) is 45.9 Å². The van der Waals surface area contributed by atoms with Crippen LogP contribution < -0.4 is 4.90 Å². The summed E-state index contributed by atoms with van der Waals surface area (Å²) in [7, 11) is 3.81. The topological polar surface area (TPSA) is 45.7 Å². The third kappa shape index (κ3) is 3.28. The molecule has 0 bridgehead atoms. The Bertz CT molecular complexity index is 456. The highest BCUT2D eigenvalue weighted by atomic mass is 16.5. The first kappa shape index (κ1) is 14.8. The maximum atomic E-state index is 12.7. The van der Waals surface area contributed by atoms with Gasteiger partial charge in [0.25, 0.3) is 5.91 Å². The molecule has 0 N–H and O–H groups in total. The van der Waals surface area contributed by atoms with Crippen LogP contribution in [0.5, 0.6) is 0 Å². The molecule has 2 rings (SSSR count). The molecule has 0 saturated carbocycles. The van der Waals surface area contributed by atoms with Crippen molar-refractivity contribution in [1.82, 2.24) is 9.88 Å². The number of rotatable bonds is 5. The van der Waals surface area contributed by atoms with Crippen LogP contribution in [0.1, 0.15) is 23.7 Å². The van der Waals surface area contributed by atoms with Gasteiger partial charge in [0.05, 0.1) is 12.2 Å². The maximum absolute atomic E-state index is 12.7. The molecule has 0 aromatic carbocycles. The fourth-order valence-corrected chi connectivity index (χ4v) is 2.49. The molecule has 1 aromatic heterocycles. The summed E-state index contributed by atoms with van der Waals surface area (Å²) in [5, 5.41) is 0.